The van der Waals surface area contributed by atoms with Crippen LogP contribution in [0.4, 0.5) is 13.2 Å². The summed E-state index contributed by atoms with van der Waals surface area (Å²) in [5.74, 6) is 0.575. The van der Waals surface area contributed by atoms with E-state index in [1.54, 1.807) is 31.4 Å². The van der Waals surface area contributed by atoms with Crippen molar-refractivity contribution in [2.75, 3.05) is 7.11 Å². The highest BCUT2D eigenvalue weighted by Crippen LogP contribution is 2.25. The molecular weight excluding hydrogens is 469 g/mol. The Kier molecular flexibility index (Phi) is 5.43. The SMILES string of the molecule is COc1ccc(-n2ncc3c(=O)n(Cc4nc(-c5ccc(OC(F)(F)F)cc5)no4)cnc32)cc1. The summed E-state index contributed by atoms with van der Waals surface area (Å²) >= 11 is 0. The van der Waals surface area contributed by atoms with Gasteiger partial charge in [0.2, 0.25) is 11.7 Å². The minimum atomic E-state index is -4.78. The summed E-state index contributed by atoms with van der Waals surface area (Å²) in [6.45, 7) is -0.0578. The fourth-order valence-corrected chi connectivity index (χ4v) is 3.36. The molecule has 0 fully saturated rings. The van der Waals surface area contributed by atoms with Gasteiger partial charge in [-0.2, -0.15) is 10.1 Å². The van der Waals surface area contributed by atoms with Gasteiger partial charge in [-0.1, -0.05) is 5.16 Å². The van der Waals surface area contributed by atoms with E-state index in [1.165, 1.54) is 33.9 Å². The van der Waals surface area contributed by atoms with Crippen LogP contribution in [0.1, 0.15) is 5.89 Å². The van der Waals surface area contributed by atoms with Gasteiger partial charge in [0.25, 0.3) is 5.56 Å². The summed E-state index contributed by atoms with van der Waals surface area (Å²) in [7, 11) is 1.57. The first-order valence-corrected chi connectivity index (χ1v) is 10.1. The van der Waals surface area contributed by atoms with Crippen molar-refractivity contribution in [2.45, 2.75) is 12.9 Å². The third-order valence-electron chi connectivity index (χ3n) is 4.99. The molecule has 0 bridgehead atoms. The quantitative estimate of drug-likeness (QED) is 0.360. The lowest BCUT2D eigenvalue weighted by Crippen LogP contribution is -2.21. The zero-order valence-electron chi connectivity index (χ0n) is 17.9. The van der Waals surface area contributed by atoms with Crippen molar-refractivity contribution >= 4 is 11.0 Å². The van der Waals surface area contributed by atoms with Crippen LogP contribution in [-0.4, -0.2) is 42.9 Å². The summed E-state index contributed by atoms with van der Waals surface area (Å²) in [4.78, 5) is 21.5. The van der Waals surface area contributed by atoms with Gasteiger partial charge in [-0.05, 0) is 48.5 Å². The number of ether oxygens (including phenoxy) is 2. The van der Waals surface area contributed by atoms with Crippen LogP contribution in [-0.2, 0) is 6.54 Å². The fourth-order valence-electron chi connectivity index (χ4n) is 3.36. The number of halogens is 3. The molecular formula is C22H15F3N6O4. The Balaban J connectivity index is 1.37. The normalized spacial score (nSPS) is 11.7. The minimum Gasteiger partial charge on any atom is -0.497 e. The summed E-state index contributed by atoms with van der Waals surface area (Å²) in [6.07, 6.45) is -2.01. The first-order valence-electron chi connectivity index (χ1n) is 10.1. The van der Waals surface area contributed by atoms with Crippen LogP contribution in [0.5, 0.6) is 11.5 Å². The van der Waals surface area contributed by atoms with Crippen LogP contribution in [0, 0.1) is 0 Å². The van der Waals surface area contributed by atoms with Gasteiger partial charge in [0.1, 0.15) is 29.8 Å². The fraction of sp³-hybridized carbons (Fsp3) is 0.136. The lowest BCUT2D eigenvalue weighted by atomic mass is 10.2. The summed E-state index contributed by atoms with van der Waals surface area (Å²) in [5.41, 5.74) is 1.14. The Morgan fingerprint density at radius 1 is 1.03 bits per heavy atom. The molecule has 0 aliphatic heterocycles. The standard InChI is InChI=1S/C22H15F3N6O4/c1-33-15-8-4-14(5-9-15)31-20-17(10-27-31)21(32)30(12-26-20)11-18-28-19(29-35-18)13-2-6-16(7-3-13)34-22(23,24)25/h2-10,12H,11H2,1H3. The Hall–Kier alpha value is -4.68. The smallest absolute Gasteiger partial charge is 0.497 e. The maximum absolute atomic E-state index is 13.0. The van der Waals surface area contributed by atoms with Crippen molar-refractivity contribution in [2.24, 2.45) is 0 Å². The van der Waals surface area contributed by atoms with E-state index in [9.17, 15) is 18.0 Å². The maximum atomic E-state index is 13.0. The molecule has 10 nitrogen and oxygen atoms in total. The number of aromatic nitrogens is 6. The predicted molar refractivity (Wildman–Crippen MR) is 115 cm³/mol. The molecule has 2 aromatic carbocycles. The minimum absolute atomic E-state index is 0.0578. The molecule has 13 heteroatoms. The molecule has 0 N–H and O–H groups in total. The Labute approximate surface area is 194 Å². The lowest BCUT2D eigenvalue weighted by Gasteiger charge is -2.08. The number of rotatable bonds is 6. The van der Waals surface area contributed by atoms with E-state index in [0.29, 0.717) is 28.0 Å². The van der Waals surface area contributed by atoms with Crippen LogP contribution >= 0.6 is 0 Å². The van der Waals surface area contributed by atoms with E-state index in [-0.39, 0.29) is 29.6 Å². The van der Waals surface area contributed by atoms with Gasteiger partial charge in [0, 0.05) is 5.56 Å². The third-order valence-corrected chi connectivity index (χ3v) is 4.99. The molecule has 178 valence electrons. The van der Waals surface area contributed by atoms with E-state index in [2.05, 4.69) is 25.0 Å². The maximum Gasteiger partial charge on any atom is 0.573 e. The summed E-state index contributed by atoms with van der Waals surface area (Å²) < 4.78 is 54.0. The second-order valence-electron chi connectivity index (χ2n) is 7.25. The lowest BCUT2D eigenvalue weighted by molar-refractivity contribution is -0.274. The molecule has 0 aliphatic rings. The van der Waals surface area contributed by atoms with Crippen molar-refractivity contribution in [1.82, 2.24) is 29.5 Å². The molecule has 0 saturated carbocycles. The van der Waals surface area contributed by atoms with E-state index < -0.39 is 6.36 Å². The molecule has 5 aromatic rings. The number of methoxy groups -OCH3 is 1. The van der Waals surface area contributed by atoms with Crippen LogP contribution in [0.2, 0.25) is 0 Å². The highest BCUT2D eigenvalue weighted by atomic mass is 19.4. The average Bonchev–Trinajstić information content (AvgIpc) is 3.48. The number of alkyl halides is 3. The van der Waals surface area contributed by atoms with E-state index in [0.717, 1.165) is 12.1 Å². The van der Waals surface area contributed by atoms with Crippen LogP contribution < -0.4 is 15.0 Å². The van der Waals surface area contributed by atoms with Gasteiger partial charge >= 0.3 is 6.36 Å². The van der Waals surface area contributed by atoms with Gasteiger partial charge in [0.05, 0.1) is 19.0 Å². The predicted octanol–water partition coefficient (Wildman–Crippen LogP) is 3.59. The first-order chi connectivity index (χ1) is 16.8. The molecule has 0 amide bonds. The topological polar surface area (TPSA) is 110 Å². The summed E-state index contributed by atoms with van der Waals surface area (Å²) in [5, 5.41) is 8.39. The molecule has 0 atom stereocenters. The Bertz CT molecular complexity index is 1540. The van der Waals surface area contributed by atoms with Gasteiger partial charge in [-0.25, -0.2) is 9.67 Å². The number of hydrogen-bond donors (Lipinski definition) is 0. The van der Waals surface area contributed by atoms with Crippen LogP contribution in [0.3, 0.4) is 0 Å². The first kappa shape index (κ1) is 22.1. The van der Waals surface area contributed by atoms with Crippen LogP contribution in [0.25, 0.3) is 28.1 Å². The largest absolute Gasteiger partial charge is 0.573 e. The van der Waals surface area contributed by atoms with Crippen molar-refractivity contribution < 1.29 is 27.2 Å². The number of hydrogen-bond acceptors (Lipinski definition) is 8. The molecule has 0 unspecified atom stereocenters. The highest BCUT2D eigenvalue weighted by molar-refractivity contribution is 5.75. The molecule has 0 radical (unpaired) electrons. The van der Waals surface area contributed by atoms with Gasteiger partial charge in [-0.15, -0.1) is 13.2 Å². The number of fused-ring (bicyclic) bond motifs is 1. The van der Waals surface area contributed by atoms with Gasteiger partial charge in [-0.3, -0.25) is 9.36 Å². The second kappa shape index (κ2) is 8.59. The van der Waals surface area contributed by atoms with Crippen molar-refractivity contribution in [3.63, 3.8) is 0 Å². The van der Waals surface area contributed by atoms with Crippen molar-refractivity contribution in [3.05, 3.63) is 77.3 Å². The monoisotopic (exact) mass is 484 g/mol. The van der Waals surface area contributed by atoms with E-state index >= 15 is 0 Å². The van der Waals surface area contributed by atoms with Crippen molar-refractivity contribution in [3.8, 4) is 28.6 Å². The van der Waals surface area contributed by atoms with Crippen LogP contribution in [0.15, 0.2) is 70.4 Å². The number of benzene rings is 2. The zero-order chi connectivity index (χ0) is 24.6. The molecule has 35 heavy (non-hydrogen) atoms. The van der Waals surface area contributed by atoms with E-state index in [1.807, 2.05) is 0 Å². The molecule has 0 spiro atoms. The van der Waals surface area contributed by atoms with Gasteiger partial charge < -0.3 is 14.0 Å². The molecule has 3 aromatic heterocycles. The van der Waals surface area contributed by atoms with Crippen molar-refractivity contribution in [1.29, 1.82) is 0 Å². The zero-order valence-corrected chi connectivity index (χ0v) is 17.9. The number of nitrogens with zero attached hydrogens (tertiary/aromatic N) is 6. The average molecular weight is 484 g/mol. The molecule has 0 saturated heterocycles. The summed E-state index contributed by atoms with van der Waals surface area (Å²) in [6, 6.07) is 12.1. The Morgan fingerprint density at radius 3 is 2.43 bits per heavy atom. The Morgan fingerprint density at radius 2 is 1.74 bits per heavy atom. The molecule has 3 heterocycles. The molecule has 0 aliphatic carbocycles. The molecule has 5 rings (SSSR count). The highest BCUT2D eigenvalue weighted by Gasteiger charge is 2.31. The van der Waals surface area contributed by atoms with E-state index in [4.69, 9.17) is 9.26 Å². The second-order valence-corrected chi connectivity index (χ2v) is 7.25. The third kappa shape index (κ3) is 4.55. The van der Waals surface area contributed by atoms with Gasteiger partial charge in [0.15, 0.2) is 5.65 Å².